The Balaban J connectivity index is 2.76. The largest absolute Gasteiger partial charge is 0.481 e. The lowest BCUT2D eigenvalue weighted by molar-refractivity contribution is -0.154. The highest BCUT2D eigenvalue weighted by molar-refractivity contribution is 5.88. The zero-order chi connectivity index (χ0) is 16.0. The van der Waals surface area contributed by atoms with Gasteiger partial charge in [0.2, 0.25) is 11.8 Å². The van der Waals surface area contributed by atoms with Gasteiger partial charge < -0.3 is 14.9 Å². The lowest BCUT2D eigenvalue weighted by atomic mass is 9.82. The van der Waals surface area contributed by atoms with Gasteiger partial charge in [-0.3, -0.25) is 14.4 Å². The van der Waals surface area contributed by atoms with Gasteiger partial charge in [0, 0.05) is 27.1 Å². The van der Waals surface area contributed by atoms with E-state index >= 15 is 0 Å². The van der Waals surface area contributed by atoms with Crippen molar-refractivity contribution in [2.75, 3.05) is 27.2 Å². The van der Waals surface area contributed by atoms with Crippen molar-refractivity contribution in [3.05, 3.63) is 0 Å². The highest BCUT2D eigenvalue weighted by Crippen LogP contribution is 2.41. The summed E-state index contributed by atoms with van der Waals surface area (Å²) in [4.78, 5) is 38.7. The van der Waals surface area contributed by atoms with E-state index in [-0.39, 0.29) is 24.8 Å². The van der Waals surface area contributed by atoms with Crippen molar-refractivity contribution in [3.8, 4) is 0 Å². The molecule has 6 heteroatoms. The Kier molecular flexibility index (Phi) is 6.18. The first-order chi connectivity index (χ1) is 9.82. The van der Waals surface area contributed by atoms with Gasteiger partial charge in [-0.1, -0.05) is 19.8 Å². The van der Waals surface area contributed by atoms with Gasteiger partial charge in [0.15, 0.2) is 0 Å². The SMILES string of the molecule is CCCN(CC(=O)N(C)C)C(=O)CC1(C(=O)O)CCCC1. The molecule has 1 rings (SSSR count). The van der Waals surface area contributed by atoms with Crippen LogP contribution in [0.25, 0.3) is 0 Å². The highest BCUT2D eigenvalue weighted by atomic mass is 16.4. The third-order valence-electron chi connectivity index (χ3n) is 4.18. The van der Waals surface area contributed by atoms with Crippen molar-refractivity contribution in [2.24, 2.45) is 5.41 Å². The van der Waals surface area contributed by atoms with Crippen LogP contribution in [-0.4, -0.2) is 59.9 Å². The van der Waals surface area contributed by atoms with E-state index in [9.17, 15) is 19.5 Å². The molecular formula is C15H26N2O4. The fourth-order valence-corrected chi connectivity index (χ4v) is 2.79. The molecule has 1 aliphatic rings. The molecule has 6 nitrogen and oxygen atoms in total. The minimum Gasteiger partial charge on any atom is -0.481 e. The smallest absolute Gasteiger partial charge is 0.310 e. The van der Waals surface area contributed by atoms with Crippen molar-refractivity contribution in [2.45, 2.75) is 45.4 Å². The van der Waals surface area contributed by atoms with E-state index < -0.39 is 11.4 Å². The normalized spacial score (nSPS) is 16.5. The number of carboxylic acid groups (broad SMARTS) is 1. The molecule has 0 aromatic rings. The maximum Gasteiger partial charge on any atom is 0.310 e. The van der Waals surface area contributed by atoms with E-state index in [1.807, 2.05) is 6.92 Å². The van der Waals surface area contributed by atoms with Crippen molar-refractivity contribution >= 4 is 17.8 Å². The monoisotopic (exact) mass is 298 g/mol. The number of likely N-dealkylation sites (N-methyl/N-ethyl adjacent to an activating group) is 1. The molecule has 0 heterocycles. The summed E-state index contributed by atoms with van der Waals surface area (Å²) >= 11 is 0. The Bertz CT molecular complexity index is 400. The molecule has 0 aliphatic heterocycles. The van der Waals surface area contributed by atoms with E-state index in [1.165, 1.54) is 9.80 Å². The molecule has 0 saturated heterocycles. The van der Waals surface area contributed by atoms with Crippen LogP contribution in [0, 0.1) is 5.41 Å². The molecule has 0 atom stereocenters. The molecule has 0 aromatic carbocycles. The summed E-state index contributed by atoms with van der Waals surface area (Å²) in [5, 5.41) is 9.45. The molecule has 21 heavy (non-hydrogen) atoms. The lowest BCUT2D eigenvalue weighted by Crippen LogP contribution is -2.43. The number of nitrogens with zero attached hydrogens (tertiary/aromatic N) is 2. The molecule has 1 saturated carbocycles. The second kappa shape index (κ2) is 7.43. The Morgan fingerprint density at radius 1 is 1.10 bits per heavy atom. The second-order valence-electron chi connectivity index (χ2n) is 6.07. The zero-order valence-corrected chi connectivity index (χ0v) is 13.2. The lowest BCUT2D eigenvalue weighted by Gasteiger charge is -2.28. The molecule has 0 spiro atoms. The predicted molar refractivity (Wildman–Crippen MR) is 78.7 cm³/mol. The van der Waals surface area contributed by atoms with Crippen molar-refractivity contribution in [1.29, 1.82) is 0 Å². The highest BCUT2D eigenvalue weighted by Gasteiger charge is 2.43. The molecule has 1 N–H and O–H groups in total. The van der Waals surface area contributed by atoms with Gasteiger partial charge >= 0.3 is 5.97 Å². The van der Waals surface area contributed by atoms with Gasteiger partial charge in [-0.15, -0.1) is 0 Å². The number of hydrogen-bond acceptors (Lipinski definition) is 3. The molecule has 1 fully saturated rings. The number of rotatable bonds is 7. The van der Waals surface area contributed by atoms with Gasteiger partial charge in [0.1, 0.15) is 0 Å². The maximum absolute atomic E-state index is 12.4. The first kappa shape index (κ1) is 17.5. The Labute approximate surface area is 126 Å². The Hall–Kier alpha value is -1.59. The van der Waals surface area contributed by atoms with Crippen LogP contribution in [-0.2, 0) is 14.4 Å². The number of carbonyl (C=O) groups excluding carboxylic acids is 2. The van der Waals surface area contributed by atoms with Crippen LogP contribution in [0.15, 0.2) is 0 Å². The average Bonchev–Trinajstić information content (AvgIpc) is 2.87. The van der Waals surface area contributed by atoms with Gasteiger partial charge in [0.25, 0.3) is 0 Å². The Morgan fingerprint density at radius 2 is 1.67 bits per heavy atom. The minimum atomic E-state index is -0.926. The van der Waals surface area contributed by atoms with E-state index in [2.05, 4.69) is 0 Å². The second-order valence-corrected chi connectivity index (χ2v) is 6.07. The van der Waals surface area contributed by atoms with Crippen LogP contribution in [0.5, 0.6) is 0 Å². The van der Waals surface area contributed by atoms with E-state index in [0.29, 0.717) is 19.4 Å². The maximum atomic E-state index is 12.4. The molecule has 0 unspecified atom stereocenters. The quantitative estimate of drug-likeness (QED) is 0.769. The molecule has 1 aliphatic carbocycles. The van der Waals surface area contributed by atoms with E-state index in [4.69, 9.17) is 0 Å². The first-order valence-electron chi connectivity index (χ1n) is 7.53. The summed E-state index contributed by atoms with van der Waals surface area (Å²) in [5.41, 5.74) is -0.926. The topological polar surface area (TPSA) is 77.9 Å². The number of carbonyl (C=O) groups is 3. The summed E-state index contributed by atoms with van der Waals surface area (Å²) in [5.74, 6) is -1.26. The third-order valence-corrected chi connectivity index (χ3v) is 4.18. The van der Waals surface area contributed by atoms with Crippen molar-refractivity contribution in [1.82, 2.24) is 9.80 Å². The molecule has 0 aromatic heterocycles. The summed E-state index contributed by atoms with van der Waals surface area (Å²) in [7, 11) is 3.29. The standard InChI is InChI=1S/C15H26N2O4/c1-4-9-17(11-13(19)16(2)3)12(18)10-15(14(20)21)7-5-6-8-15/h4-11H2,1-3H3,(H,20,21). The van der Waals surface area contributed by atoms with Crippen LogP contribution in [0.3, 0.4) is 0 Å². The van der Waals surface area contributed by atoms with Gasteiger partial charge in [-0.2, -0.15) is 0 Å². The fourth-order valence-electron chi connectivity index (χ4n) is 2.79. The van der Waals surface area contributed by atoms with E-state index in [1.54, 1.807) is 14.1 Å². The van der Waals surface area contributed by atoms with Crippen molar-refractivity contribution in [3.63, 3.8) is 0 Å². The van der Waals surface area contributed by atoms with Crippen LogP contribution in [0.1, 0.15) is 45.4 Å². The van der Waals surface area contributed by atoms with Crippen LogP contribution in [0.4, 0.5) is 0 Å². The Morgan fingerprint density at radius 3 is 2.10 bits per heavy atom. The molecule has 0 radical (unpaired) electrons. The van der Waals surface area contributed by atoms with Gasteiger partial charge in [-0.25, -0.2) is 0 Å². The minimum absolute atomic E-state index is 0.00302. The van der Waals surface area contributed by atoms with Gasteiger partial charge in [-0.05, 0) is 19.3 Å². The first-order valence-corrected chi connectivity index (χ1v) is 7.53. The summed E-state index contributed by atoms with van der Waals surface area (Å²) in [6.07, 6.45) is 3.55. The fraction of sp³-hybridized carbons (Fsp3) is 0.800. The summed E-state index contributed by atoms with van der Waals surface area (Å²) in [6, 6.07) is 0. The number of carboxylic acids is 1. The summed E-state index contributed by atoms with van der Waals surface area (Å²) in [6.45, 7) is 2.44. The third kappa shape index (κ3) is 4.44. The zero-order valence-electron chi connectivity index (χ0n) is 13.2. The average molecular weight is 298 g/mol. The van der Waals surface area contributed by atoms with E-state index in [0.717, 1.165) is 19.3 Å². The number of amides is 2. The molecule has 0 bridgehead atoms. The number of hydrogen-bond donors (Lipinski definition) is 1. The summed E-state index contributed by atoms with van der Waals surface area (Å²) < 4.78 is 0. The van der Waals surface area contributed by atoms with Crippen LogP contribution < -0.4 is 0 Å². The van der Waals surface area contributed by atoms with Crippen LogP contribution >= 0.6 is 0 Å². The number of aliphatic carboxylic acids is 1. The molecule has 120 valence electrons. The predicted octanol–water partition coefficient (Wildman–Crippen LogP) is 1.35. The van der Waals surface area contributed by atoms with Crippen molar-refractivity contribution < 1.29 is 19.5 Å². The molecular weight excluding hydrogens is 272 g/mol. The molecule has 2 amide bonds. The van der Waals surface area contributed by atoms with Gasteiger partial charge in [0.05, 0.1) is 12.0 Å². The van der Waals surface area contributed by atoms with Crippen LogP contribution in [0.2, 0.25) is 0 Å².